The molecule has 2 N–H and O–H groups in total. The maximum Gasteiger partial charge on any atom is 0.316 e. The number of nitrogens with one attached hydrogen (secondary N) is 1. The summed E-state index contributed by atoms with van der Waals surface area (Å²) in [6, 6.07) is 7.15. The highest BCUT2D eigenvalue weighted by Gasteiger charge is 2.39. The number of nitro groups is 1. The highest BCUT2D eigenvalue weighted by molar-refractivity contribution is 6.05. The van der Waals surface area contributed by atoms with Crippen LogP contribution in [0.25, 0.3) is 0 Å². The van der Waals surface area contributed by atoms with Gasteiger partial charge in [-0.15, -0.1) is 0 Å². The first-order valence-corrected chi connectivity index (χ1v) is 7.55. The zero-order chi connectivity index (χ0) is 20.1. The molecule has 0 bridgehead atoms. The standard InChI is InChI=1S/C17H13F3N2O5/c18-11-6-5-9(7-13(11)20)10(8-22(26)27)15(17(24)25)16(23)21-14-4-2-1-3-12(14)19/h1-7,10,15H,8H2,(H,21,23)(H,24,25). The number of amides is 1. The number of carbonyl (C=O) groups excluding carboxylic acids is 1. The minimum Gasteiger partial charge on any atom is -0.481 e. The van der Waals surface area contributed by atoms with Gasteiger partial charge in [0.25, 0.3) is 0 Å². The van der Waals surface area contributed by atoms with Gasteiger partial charge in [0.2, 0.25) is 12.5 Å². The van der Waals surface area contributed by atoms with Gasteiger partial charge in [-0.1, -0.05) is 18.2 Å². The third-order valence-corrected chi connectivity index (χ3v) is 3.80. The van der Waals surface area contributed by atoms with Crippen molar-refractivity contribution in [3.8, 4) is 0 Å². The molecule has 7 nitrogen and oxygen atoms in total. The SMILES string of the molecule is O=C(O)C(C(=O)Nc1ccccc1F)C(C[N+](=O)[O-])c1ccc(F)c(F)c1. The Morgan fingerprint density at radius 1 is 1.07 bits per heavy atom. The van der Waals surface area contributed by atoms with Crippen molar-refractivity contribution in [1.29, 1.82) is 0 Å². The zero-order valence-electron chi connectivity index (χ0n) is 13.6. The van der Waals surface area contributed by atoms with E-state index in [-0.39, 0.29) is 11.3 Å². The van der Waals surface area contributed by atoms with Crippen molar-refractivity contribution in [3.05, 3.63) is 75.6 Å². The third kappa shape index (κ3) is 4.81. The van der Waals surface area contributed by atoms with Crippen molar-refractivity contribution in [2.24, 2.45) is 5.92 Å². The first-order valence-electron chi connectivity index (χ1n) is 7.55. The number of benzene rings is 2. The summed E-state index contributed by atoms with van der Waals surface area (Å²) < 4.78 is 40.3. The lowest BCUT2D eigenvalue weighted by atomic mass is 9.85. The van der Waals surface area contributed by atoms with Crippen LogP contribution >= 0.6 is 0 Å². The Labute approximate surface area is 150 Å². The quantitative estimate of drug-likeness (QED) is 0.435. The second-order valence-electron chi connectivity index (χ2n) is 5.58. The normalized spacial score (nSPS) is 12.9. The molecular weight excluding hydrogens is 369 g/mol. The summed E-state index contributed by atoms with van der Waals surface area (Å²) in [6.07, 6.45) is 0. The van der Waals surface area contributed by atoms with Crippen LogP contribution in [0, 0.1) is 33.5 Å². The summed E-state index contributed by atoms with van der Waals surface area (Å²) in [5.41, 5.74) is -0.569. The van der Waals surface area contributed by atoms with Crippen LogP contribution in [0.3, 0.4) is 0 Å². The third-order valence-electron chi connectivity index (χ3n) is 3.80. The van der Waals surface area contributed by atoms with Crippen LogP contribution in [0.15, 0.2) is 42.5 Å². The van der Waals surface area contributed by atoms with Gasteiger partial charge in [0, 0.05) is 4.92 Å². The second-order valence-corrected chi connectivity index (χ2v) is 5.58. The molecule has 0 saturated heterocycles. The molecule has 10 heteroatoms. The van der Waals surface area contributed by atoms with E-state index in [9.17, 15) is 38.0 Å². The number of para-hydroxylation sites is 1. The summed E-state index contributed by atoms with van der Waals surface area (Å²) in [7, 11) is 0. The van der Waals surface area contributed by atoms with E-state index in [0.29, 0.717) is 12.1 Å². The number of carbonyl (C=O) groups is 2. The first-order chi connectivity index (χ1) is 12.7. The van der Waals surface area contributed by atoms with E-state index in [1.54, 1.807) is 0 Å². The van der Waals surface area contributed by atoms with Crippen LogP contribution in [0.1, 0.15) is 11.5 Å². The molecular formula is C17H13F3N2O5. The minimum absolute atomic E-state index is 0.248. The van der Waals surface area contributed by atoms with Crippen molar-refractivity contribution < 1.29 is 32.8 Å². The highest BCUT2D eigenvalue weighted by Crippen LogP contribution is 2.28. The monoisotopic (exact) mass is 382 g/mol. The summed E-state index contributed by atoms with van der Waals surface area (Å²) >= 11 is 0. The molecule has 0 aliphatic carbocycles. The molecule has 27 heavy (non-hydrogen) atoms. The number of carboxylic acids is 1. The number of anilines is 1. The molecule has 0 saturated carbocycles. The number of halogens is 3. The molecule has 2 atom stereocenters. The molecule has 0 heterocycles. The van der Waals surface area contributed by atoms with Crippen LogP contribution in [0.2, 0.25) is 0 Å². The van der Waals surface area contributed by atoms with E-state index in [4.69, 9.17) is 0 Å². The summed E-state index contributed by atoms with van der Waals surface area (Å²) in [5, 5.41) is 22.4. The predicted molar refractivity (Wildman–Crippen MR) is 87.1 cm³/mol. The molecule has 142 valence electrons. The first kappa shape index (κ1) is 19.9. The molecule has 0 aliphatic heterocycles. The van der Waals surface area contributed by atoms with Crippen LogP contribution in [0.5, 0.6) is 0 Å². The van der Waals surface area contributed by atoms with Gasteiger partial charge in [0.1, 0.15) is 11.7 Å². The predicted octanol–water partition coefficient (Wildman–Crippen LogP) is 2.80. The van der Waals surface area contributed by atoms with Crippen molar-refractivity contribution in [3.63, 3.8) is 0 Å². The molecule has 2 rings (SSSR count). The van der Waals surface area contributed by atoms with Crippen LogP contribution in [0.4, 0.5) is 18.9 Å². The Kier molecular flexibility index (Phi) is 6.11. The van der Waals surface area contributed by atoms with Gasteiger partial charge in [0.15, 0.2) is 11.6 Å². The van der Waals surface area contributed by atoms with Gasteiger partial charge in [0.05, 0.1) is 11.6 Å². The van der Waals surface area contributed by atoms with Crippen LogP contribution in [-0.2, 0) is 9.59 Å². The number of hydrogen-bond donors (Lipinski definition) is 2. The summed E-state index contributed by atoms with van der Waals surface area (Å²) in [5.74, 6) is -10.0. The van der Waals surface area contributed by atoms with Gasteiger partial charge < -0.3 is 10.4 Å². The number of rotatable bonds is 7. The van der Waals surface area contributed by atoms with Crippen molar-refractivity contribution in [2.75, 3.05) is 11.9 Å². The maximum absolute atomic E-state index is 13.7. The van der Waals surface area contributed by atoms with E-state index >= 15 is 0 Å². The van der Waals surface area contributed by atoms with Gasteiger partial charge in [-0.25, -0.2) is 13.2 Å². The lowest BCUT2D eigenvalue weighted by molar-refractivity contribution is -0.484. The van der Waals surface area contributed by atoms with Gasteiger partial charge in [-0.05, 0) is 29.8 Å². The van der Waals surface area contributed by atoms with Crippen LogP contribution < -0.4 is 5.32 Å². The Hall–Kier alpha value is -3.43. The molecule has 0 fully saturated rings. The second kappa shape index (κ2) is 8.30. The fourth-order valence-electron chi connectivity index (χ4n) is 2.55. The molecule has 2 unspecified atom stereocenters. The molecule has 0 aromatic heterocycles. The Morgan fingerprint density at radius 3 is 2.30 bits per heavy atom. The average Bonchev–Trinajstić information content (AvgIpc) is 2.58. The molecule has 2 aromatic rings. The van der Waals surface area contributed by atoms with E-state index in [1.807, 2.05) is 0 Å². The van der Waals surface area contributed by atoms with Gasteiger partial charge in [-0.3, -0.25) is 19.7 Å². The molecule has 1 amide bonds. The van der Waals surface area contributed by atoms with Crippen molar-refractivity contribution >= 4 is 17.6 Å². The average molecular weight is 382 g/mol. The topological polar surface area (TPSA) is 110 Å². The number of hydrogen-bond acceptors (Lipinski definition) is 4. The smallest absolute Gasteiger partial charge is 0.316 e. The van der Waals surface area contributed by atoms with Crippen molar-refractivity contribution in [1.82, 2.24) is 0 Å². The fourth-order valence-corrected chi connectivity index (χ4v) is 2.55. The van der Waals surface area contributed by atoms with E-state index in [0.717, 1.165) is 12.1 Å². The molecule has 0 spiro atoms. The lowest BCUT2D eigenvalue weighted by Gasteiger charge is -2.21. The molecule has 2 aromatic carbocycles. The van der Waals surface area contributed by atoms with Gasteiger partial charge >= 0.3 is 5.97 Å². The Balaban J connectivity index is 2.42. The number of carboxylic acid groups (broad SMARTS) is 1. The number of aliphatic carboxylic acids is 1. The Morgan fingerprint density at radius 2 is 1.74 bits per heavy atom. The van der Waals surface area contributed by atoms with E-state index in [1.165, 1.54) is 18.2 Å². The largest absolute Gasteiger partial charge is 0.481 e. The molecule has 0 aliphatic rings. The number of nitrogens with zero attached hydrogens (tertiary/aromatic N) is 1. The Bertz CT molecular complexity index is 891. The summed E-state index contributed by atoms with van der Waals surface area (Å²) in [4.78, 5) is 34.1. The van der Waals surface area contributed by atoms with Crippen molar-refractivity contribution in [2.45, 2.75) is 5.92 Å². The van der Waals surface area contributed by atoms with E-state index in [2.05, 4.69) is 5.32 Å². The lowest BCUT2D eigenvalue weighted by Crippen LogP contribution is -2.37. The maximum atomic E-state index is 13.7. The van der Waals surface area contributed by atoms with Crippen LogP contribution in [-0.4, -0.2) is 28.5 Å². The van der Waals surface area contributed by atoms with Gasteiger partial charge in [-0.2, -0.15) is 0 Å². The van der Waals surface area contributed by atoms with E-state index < -0.39 is 52.6 Å². The zero-order valence-corrected chi connectivity index (χ0v) is 13.6. The summed E-state index contributed by atoms with van der Waals surface area (Å²) in [6.45, 7) is -1.03. The fraction of sp³-hybridized carbons (Fsp3) is 0.176. The highest BCUT2D eigenvalue weighted by atomic mass is 19.2. The minimum atomic E-state index is -2.04. The molecule has 0 radical (unpaired) electrons.